The molecule has 0 radical (unpaired) electrons. The molecule has 86 valence electrons. The Balaban J connectivity index is 2.89. The summed E-state index contributed by atoms with van der Waals surface area (Å²) in [5.41, 5.74) is 0.847. The first-order valence-corrected chi connectivity index (χ1v) is 5.77. The molecule has 0 bridgehead atoms. The van der Waals surface area contributed by atoms with Crippen LogP contribution < -0.4 is 0 Å². The van der Waals surface area contributed by atoms with Gasteiger partial charge in [0.1, 0.15) is 12.2 Å². The van der Waals surface area contributed by atoms with Crippen molar-refractivity contribution >= 4 is 24.2 Å². The number of rotatable bonds is 4. The third-order valence-corrected chi connectivity index (χ3v) is 2.82. The number of thiol groups is 1. The summed E-state index contributed by atoms with van der Waals surface area (Å²) in [5, 5.41) is 28.3. The van der Waals surface area contributed by atoms with E-state index in [-0.39, 0.29) is 5.02 Å². The van der Waals surface area contributed by atoms with Crippen LogP contribution in [0, 0.1) is 11.3 Å². The van der Waals surface area contributed by atoms with Gasteiger partial charge in [-0.05, 0) is 29.9 Å². The van der Waals surface area contributed by atoms with E-state index in [1.807, 2.05) is 6.07 Å². The summed E-state index contributed by atoms with van der Waals surface area (Å²) in [6.45, 7) is 0. The van der Waals surface area contributed by atoms with E-state index in [0.29, 0.717) is 23.3 Å². The molecule has 1 aromatic carbocycles. The molecule has 0 aliphatic heterocycles. The highest BCUT2D eigenvalue weighted by Crippen LogP contribution is 2.24. The van der Waals surface area contributed by atoms with Crippen molar-refractivity contribution in [2.24, 2.45) is 0 Å². The zero-order valence-electron chi connectivity index (χ0n) is 8.47. The first-order valence-electron chi connectivity index (χ1n) is 4.76. The number of benzene rings is 1. The van der Waals surface area contributed by atoms with Crippen molar-refractivity contribution in [3.8, 4) is 6.07 Å². The van der Waals surface area contributed by atoms with E-state index in [9.17, 15) is 10.2 Å². The van der Waals surface area contributed by atoms with Gasteiger partial charge in [0, 0.05) is 0 Å². The van der Waals surface area contributed by atoms with Crippen LogP contribution in [0.1, 0.15) is 23.7 Å². The van der Waals surface area contributed by atoms with Gasteiger partial charge in [-0.2, -0.15) is 17.9 Å². The molecule has 0 aliphatic carbocycles. The normalized spacial score (nSPS) is 14.2. The molecule has 0 fully saturated rings. The maximum absolute atomic E-state index is 9.78. The van der Waals surface area contributed by atoms with Gasteiger partial charge in [-0.15, -0.1) is 0 Å². The fourth-order valence-electron chi connectivity index (χ4n) is 1.32. The van der Waals surface area contributed by atoms with Crippen molar-refractivity contribution in [2.45, 2.75) is 18.6 Å². The number of hydrogen-bond donors (Lipinski definition) is 3. The lowest BCUT2D eigenvalue weighted by Gasteiger charge is -2.17. The van der Waals surface area contributed by atoms with E-state index < -0.39 is 12.2 Å². The third-order valence-electron chi connectivity index (χ3n) is 2.24. The molecule has 2 unspecified atom stereocenters. The predicted molar refractivity (Wildman–Crippen MR) is 65.6 cm³/mol. The van der Waals surface area contributed by atoms with Crippen LogP contribution >= 0.6 is 24.2 Å². The zero-order chi connectivity index (χ0) is 12.1. The molecule has 0 aliphatic rings. The van der Waals surface area contributed by atoms with Gasteiger partial charge in [-0.3, -0.25) is 0 Å². The Morgan fingerprint density at radius 3 is 2.62 bits per heavy atom. The molecule has 5 heteroatoms. The molecule has 16 heavy (non-hydrogen) atoms. The standard InChI is InChI=1S/C11H12ClNO2S/c12-9-5-7(1-2-8(9)6-13)11(15)10(14)3-4-16/h1-2,5,10-11,14-16H,3-4H2. The lowest BCUT2D eigenvalue weighted by atomic mass is 10.0. The van der Waals surface area contributed by atoms with Gasteiger partial charge in [0.2, 0.25) is 0 Å². The minimum absolute atomic E-state index is 0.275. The van der Waals surface area contributed by atoms with Crippen molar-refractivity contribution < 1.29 is 10.2 Å². The van der Waals surface area contributed by atoms with Crippen molar-refractivity contribution in [1.29, 1.82) is 5.26 Å². The smallest absolute Gasteiger partial charge is 0.105 e. The summed E-state index contributed by atoms with van der Waals surface area (Å²) in [6.07, 6.45) is -1.49. The molecule has 1 aromatic rings. The molecule has 0 heterocycles. The maximum atomic E-state index is 9.78. The second-order valence-electron chi connectivity index (χ2n) is 3.38. The summed E-state index contributed by atoms with van der Waals surface area (Å²) >= 11 is 9.80. The minimum Gasteiger partial charge on any atom is -0.390 e. The van der Waals surface area contributed by atoms with E-state index in [1.54, 1.807) is 6.07 Å². The summed E-state index contributed by atoms with van der Waals surface area (Å²) in [6, 6.07) is 6.52. The highest BCUT2D eigenvalue weighted by molar-refractivity contribution is 7.80. The van der Waals surface area contributed by atoms with Gasteiger partial charge in [0.25, 0.3) is 0 Å². The van der Waals surface area contributed by atoms with Gasteiger partial charge < -0.3 is 10.2 Å². The van der Waals surface area contributed by atoms with Crippen LogP contribution in [0.25, 0.3) is 0 Å². The molecule has 3 nitrogen and oxygen atoms in total. The molecule has 1 rings (SSSR count). The molecule has 2 atom stereocenters. The molecule has 2 N–H and O–H groups in total. The number of nitrogens with zero attached hydrogens (tertiary/aromatic N) is 1. The fraction of sp³-hybridized carbons (Fsp3) is 0.364. The summed E-state index contributed by atoms with van der Waals surface area (Å²) in [5.74, 6) is 0.488. The lowest BCUT2D eigenvalue weighted by Crippen LogP contribution is -2.18. The van der Waals surface area contributed by atoms with Gasteiger partial charge in [-0.25, -0.2) is 0 Å². The van der Waals surface area contributed by atoms with E-state index in [0.717, 1.165) is 0 Å². The van der Waals surface area contributed by atoms with E-state index in [1.165, 1.54) is 12.1 Å². The average Bonchev–Trinajstić information content (AvgIpc) is 2.28. The fourth-order valence-corrected chi connectivity index (χ4v) is 1.81. The van der Waals surface area contributed by atoms with Crippen LogP contribution in [-0.2, 0) is 0 Å². The van der Waals surface area contributed by atoms with Gasteiger partial charge in [0.05, 0.1) is 16.7 Å². The number of hydrogen-bond acceptors (Lipinski definition) is 4. The number of aliphatic hydroxyl groups is 2. The second-order valence-corrected chi connectivity index (χ2v) is 4.23. The lowest BCUT2D eigenvalue weighted by molar-refractivity contribution is 0.0172. The Morgan fingerprint density at radius 1 is 1.44 bits per heavy atom. The Bertz CT molecular complexity index is 405. The average molecular weight is 258 g/mol. The van der Waals surface area contributed by atoms with Crippen LogP contribution in [0.4, 0.5) is 0 Å². The van der Waals surface area contributed by atoms with Gasteiger partial charge in [-0.1, -0.05) is 17.7 Å². The largest absolute Gasteiger partial charge is 0.390 e. The predicted octanol–water partition coefficient (Wildman–Crippen LogP) is 1.93. The molecular weight excluding hydrogens is 246 g/mol. The second kappa shape index (κ2) is 6.12. The van der Waals surface area contributed by atoms with Crippen molar-refractivity contribution in [3.05, 3.63) is 34.3 Å². The van der Waals surface area contributed by atoms with Gasteiger partial charge >= 0.3 is 0 Å². The Labute approximate surface area is 105 Å². The van der Waals surface area contributed by atoms with Crippen LogP contribution in [0.15, 0.2) is 18.2 Å². The first kappa shape index (κ1) is 13.3. The van der Waals surface area contributed by atoms with Crippen LogP contribution in [0.2, 0.25) is 5.02 Å². The quantitative estimate of drug-likeness (QED) is 0.722. The Kier molecular flexibility index (Phi) is 5.10. The van der Waals surface area contributed by atoms with Crippen LogP contribution in [0.3, 0.4) is 0 Å². The Hall–Kier alpha value is -0.730. The van der Waals surface area contributed by atoms with Gasteiger partial charge in [0.15, 0.2) is 0 Å². The molecule has 0 aromatic heterocycles. The van der Waals surface area contributed by atoms with Crippen LogP contribution in [-0.4, -0.2) is 22.1 Å². The third kappa shape index (κ3) is 3.13. The van der Waals surface area contributed by atoms with Crippen molar-refractivity contribution in [2.75, 3.05) is 5.75 Å². The summed E-state index contributed by atoms with van der Waals surface area (Å²) < 4.78 is 0. The summed E-state index contributed by atoms with van der Waals surface area (Å²) in [7, 11) is 0. The molecule has 0 saturated heterocycles. The van der Waals surface area contributed by atoms with Crippen LogP contribution in [0.5, 0.6) is 0 Å². The minimum atomic E-state index is -1.00. The van der Waals surface area contributed by atoms with E-state index in [2.05, 4.69) is 12.6 Å². The summed E-state index contributed by atoms with van der Waals surface area (Å²) in [4.78, 5) is 0. The molecule has 0 saturated carbocycles. The Morgan fingerprint density at radius 2 is 2.12 bits per heavy atom. The SMILES string of the molecule is N#Cc1ccc(C(O)C(O)CCS)cc1Cl. The van der Waals surface area contributed by atoms with E-state index >= 15 is 0 Å². The number of aliphatic hydroxyl groups excluding tert-OH is 2. The van der Waals surface area contributed by atoms with Crippen molar-refractivity contribution in [1.82, 2.24) is 0 Å². The maximum Gasteiger partial charge on any atom is 0.105 e. The first-order chi connectivity index (χ1) is 7.60. The monoisotopic (exact) mass is 257 g/mol. The number of halogens is 1. The molecular formula is C11H12ClNO2S. The molecule has 0 amide bonds. The highest BCUT2D eigenvalue weighted by Gasteiger charge is 2.18. The topological polar surface area (TPSA) is 64.2 Å². The van der Waals surface area contributed by atoms with Crippen molar-refractivity contribution in [3.63, 3.8) is 0 Å². The highest BCUT2D eigenvalue weighted by atomic mass is 35.5. The number of nitriles is 1. The molecule has 0 spiro atoms. The zero-order valence-corrected chi connectivity index (χ0v) is 10.1. The van der Waals surface area contributed by atoms with E-state index in [4.69, 9.17) is 16.9 Å².